The smallest absolute Gasteiger partial charge is 0.261 e. The second-order valence-electron chi connectivity index (χ2n) is 7.01. The standard InChI is InChI=1S/C21H17N5O4/c27-19-13-30-10-9-24(19)15-5-7-16(8-6-15)26-12-14(22-23-26)11-25-20(28)17-3-1-2-4-18(17)21(25)29/h1-8,12H,9-11,13H2. The van der Waals surface area contributed by atoms with Gasteiger partial charge < -0.3 is 9.64 Å². The summed E-state index contributed by atoms with van der Waals surface area (Å²) in [6, 6.07) is 14.1. The Hall–Kier alpha value is -3.85. The third kappa shape index (κ3) is 3.05. The number of amides is 3. The lowest BCUT2D eigenvalue weighted by atomic mass is 10.1. The number of nitrogens with zero attached hydrogens (tertiary/aromatic N) is 5. The zero-order valence-corrected chi connectivity index (χ0v) is 15.9. The number of imide groups is 1. The van der Waals surface area contributed by atoms with Crippen LogP contribution in [-0.4, -0.2) is 57.4 Å². The van der Waals surface area contributed by atoms with Gasteiger partial charge in [-0.1, -0.05) is 17.3 Å². The van der Waals surface area contributed by atoms with Gasteiger partial charge in [-0.3, -0.25) is 19.3 Å². The van der Waals surface area contributed by atoms with Crippen molar-refractivity contribution in [2.75, 3.05) is 24.7 Å². The lowest BCUT2D eigenvalue weighted by molar-refractivity contribution is -0.125. The lowest BCUT2D eigenvalue weighted by Crippen LogP contribution is -2.41. The van der Waals surface area contributed by atoms with E-state index >= 15 is 0 Å². The quantitative estimate of drug-likeness (QED) is 0.612. The van der Waals surface area contributed by atoms with Crippen molar-refractivity contribution in [3.63, 3.8) is 0 Å². The monoisotopic (exact) mass is 403 g/mol. The van der Waals surface area contributed by atoms with E-state index < -0.39 is 0 Å². The van der Waals surface area contributed by atoms with Crippen LogP contribution in [0.3, 0.4) is 0 Å². The lowest BCUT2D eigenvalue weighted by Gasteiger charge is -2.26. The molecule has 0 aliphatic carbocycles. The SMILES string of the molecule is O=C1c2ccccc2C(=O)N1Cc1cn(-c2ccc(N3CCOCC3=O)cc2)nn1. The number of ether oxygens (including phenoxy) is 1. The van der Waals surface area contributed by atoms with Gasteiger partial charge in [-0.05, 0) is 36.4 Å². The van der Waals surface area contributed by atoms with E-state index in [0.29, 0.717) is 30.0 Å². The van der Waals surface area contributed by atoms with Crippen LogP contribution in [-0.2, 0) is 16.1 Å². The molecule has 3 amide bonds. The summed E-state index contributed by atoms with van der Waals surface area (Å²) in [5.41, 5.74) is 2.85. The number of anilines is 1. The molecule has 5 rings (SSSR count). The topological polar surface area (TPSA) is 97.6 Å². The molecule has 0 unspecified atom stereocenters. The van der Waals surface area contributed by atoms with E-state index in [-0.39, 0.29) is 30.9 Å². The molecule has 0 atom stereocenters. The maximum atomic E-state index is 12.5. The molecule has 1 fully saturated rings. The Kier molecular flexibility index (Phi) is 4.36. The molecule has 2 aromatic carbocycles. The number of rotatable bonds is 4. The summed E-state index contributed by atoms with van der Waals surface area (Å²) in [6.45, 7) is 1.17. The molecule has 9 heteroatoms. The molecule has 2 aliphatic rings. The normalized spacial score (nSPS) is 16.3. The largest absolute Gasteiger partial charge is 0.370 e. The van der Waals surface area contributed by atoms with E-state index in [9.17, 15) is 14.4 Å². The fourth-order valence-corrected chi connectivity index (χ4v) is 3.62. The zero-order valence-electron chi connectivity index (χ0n) is 15.9. The first-order valence-corrected chi connectivity index (χ1v) is 9.47. The van der Waals surface area contributed by atoms with Gasteiger partial charge >= 0.3 is 0 Å². The van der Waals surface area contributed by atoms with Gasteiger partial charge in [-0.25, -0.2) is 4.68 Å². The van der Waals surface area contributed by atoms with Crippen molar-refractivity contribution in [3.05, 3.63) is 71.5 Å². The third-order valence-corrected chi connectivity index (χ3v) is 5.15. The molecule has 3 aromatic rings. The third-order valence-electron chi connectivity index (χ3n) is 5.15. The van der Waals surface area contributed by atoms with Crippen molar-refractivity contribution in [2.24, 2.45) is 0 Å². The van der Waals surface area contributed by atoms with Gasteiger partial charge in [0.15, 0.2) is 0 Å². The summed E-state index contributed by atoms with van der Waals surface area (Å²) < 4.78 is 6.72. The summed E-state index contributed by atoms with van der Waals surface area (Å²) in [7, 11) is 0. The van der Waals surface area contributed by atoms with E-state index in [1.165, 1.54) is 4.90 Å². The van der Waals surface area contributed by atoms with Gasteiger partial charge in [-0.15, -0.1) is 5.10 Å². The Balaban J connectivity index is 1.32. The van der Waals surface area contributed by atoms with Crippen molar-refractivity contribution in [3.8, 4) is 5.69 Å². The van der Waals surface area contributed by atoms with Crippen LogP contribution in [0.15, 0.2) is 54.7 Å². The Morgan fingerprint density at radius 3 is 2.23 bits per heavy atom. The van der Waals surface area contributed by atoms with Crippen molar-refractivity contribution in [1.29, 1.82) is 0 Å². The molecule has 30 heavy (non-hydrogen) atoms. The number of benzene rings is 2. The molecule has 0 bridgehead atoms. The molecule has 0 spiro atoms. The van der Waals surface area contributed by atoms with E-state index in [1.54, 1.807) is 40.0 Å². The minimum absolute atomic E-state index is 0.0483. The predicted octanol–water partition coefficient (Wildman–Crippen LogP) is 1.43. The molecular weight excluding hydrogens is 386 g/mol. The van der Waals surface area contributed by atoms with Crippen molar-refractivity contribution >= 4 is 23.4 Å². The summed E-state index contributed by atoms with van der Waals surface area (Å²) in [5.74, 6) is -0.729. The summed E-state index contributed by atoms with van der Waals surface area (Å²) in [6.07, 6.45) is 1.68. The predicted molar refractivity (Wildman–Crippen MR) is 105 cm³/mol. The van der Waals surface area contributed by atoms with Gasteiger partial charge in [-0.2, -0.15) is 0 Å². The number of hydrogen-bond acceptors (Lipinski definition) is 6. The van der Waals surface area contributed by atoms with Crippen LogP contribution in [0.2, 0.25) is 0 Å². The molecule has 1 aromatic heterocycles. The average Bonchev–Trinajstić information content (AvgIpc) is 3.34. The van der Waals surface area contributed by atoms with Crippen LogP contribution in [0.5, 0.6) is 0 Å². The van der Waals surface area contributed by atoms with Crippen LogP contribution in [0.25, 0.3) is 5.69 Å². The van der Waals surface area contributed by atoms with Crippen molar-refractivity contribution in [1.82, 2.24) is 19.9 Å². The number of hydrogen-bond donors (Lipinski definition) is 0. The molecule has 0 saturated carbocycles. The van der Waals surface area contributed by atoms with Gasteiger partial charge in [0.2, 0.25) is 0 Å². The second kappa shape index (κ2) is 7.20. The zero-order chi connectivity index (χ0) is 20.7. The molecule has 2 aliphatic heterocycles. The Morgan fingerprint density at radius 1 is 0.900 bits per heavy atom. The van der Waals surface area contributed by atoms with E-state index in [0.717, 1.165) is 11.4 Å². The number of fused-ring (bicyclic) bond motifs is 1. The van der Waals surface area contributed by atoms with Crippen LogP contribution in [0.1, 0.15) is 26.4 Å². The van der Waals surface area contributed by atoms with Crippen LogP contribution in [0, 0.1) is 0 Å². The molecule has 1 saturated heterocycles. The Bertz CT molecular complexity index is 1120. The van der Waals surface area contributed by atoms with Crippen molar-refractivity contribution in [2.45, 2.75) is 6.54 Å². The van der Waals surface area contributed by atoms with Gasteiger partial charge in [0, 0.05) is 12.2 Å². The van der Waals surface area contributed by atoms with Crippen molar-refractivity contribution < 1.29 is 19.1 Å². The van der Waals surface area contributed by atoms with E-state index in [1.807, 2.05) is 24.3 Å². The van der Waals surface area contributed by atoms with Crippen LogP contribution < -0.4 is 4.90 Å². The fraction of sp³-hybridized carbons (Fsp3) is 0.190. The summed E-state index contributed by atoms with van der Waals surface area (Å²) in [5, 5.41) is 8.20. The minimum atomic E-state index is -0.329. The highest BCUT2D eigenvalue weighted by Crippen LogP contribution is 2.24. The van der Waals surface area contributed by atoms with Gasteiger partial charge in [0.1, 0.15) is 12.3 Å². The number of aromatic nitrogens is 3. The highest BCUT2D eigenvalue weighted by molar-refractivity contribution is 6.21. The van der Waals surface area contributed by atoms with Gasteiger partial charge in [0.05, 0.1) is 36.2 Å². The summed E-state index contributed by atoms with van der Waals surface area (Å²) in [4.78, 5) is 39.8. The fourth-order valence-electron chi connectivity index (χ4n) is 3.62. The highest BCUT2D eigenvalue weighted by Gasteiger charge is 2.35. The highest BCUT2D eigenvalue weighted by atomic mass is 16.5. The average molecular weight is 403 g/mol. The number of carbonyl (C=O) groups excluding carboxylic acids is 3. The van der Waals surface area contributed by atoms with E-state index in [4.69, 9.17) is 4.74 Å². The van der Waals surface area contributed by atoms with Crippen LogP contribution in [0.4, 0.5) is 5.69 Å². The molecule has 0 radical (unpaired) electrons. The Labute approximate surface area is 171 Å². The Morgan fingerprint density at radius 2 is 1.57 bits per heavy atom. The first-order valence-electron chi connectivity index (χ1n) is 9.47. The maximum Gasteiger partial charge on any atom is 0.261 e. The molecule has 9 nitrogen and oxygen atoms in total. The molecule has 0 N–H and O–H groups in total. The minimum Gasteiger partial charge on any atom is -0.370 e. The first-order chi connectivity index (χ1) is 14.6. The molecule has 150 valence electrons. The number of morpholine rings is 1. The molecule has 3 heterocycles. The van der Waals surface area contributed by atoms with Gasteiger partial charge in [0.25, 0.3) is 17.7 Å². The second-order valence-corrected chi connectivity index (χ2v) is 7.01. The number of carbonyl (C=O) groups is 3. The maximum absolute atomic E-state index is 12.5. The van der Waals surface area contributed by atoms with E-state index in [2.05, 4.69) is 10.3 Å². The summed E-state index contributed by atoms with van der Waals surface area (Å²) >= 11 is 0. The molecular formula is C21H17N5O4. The first kappa shape index (κ1) is 18.2. The van der Waals surface area contributed by atoms with Crippen LogP contribution >= 0.6 is 0 Å².